The fourth-order valence-electron chi connectivity index (χ4n) is 4.37. The van der Waals surface area contributed by atoms with E-state index in [1.54, 1.807) is 0 Å². The highest BCUT2D eigenvalue weighted by Crippen LogP contribution is 2.45. The van der Waals surface area contributed by atoms with E-state index >= 15 is 0 Å². The first-order valence-electron chi connectivity index (χ1n) is 8.36. The van der Waals surface area contributed by atoms with Crippen LogP contribution in [0, 0.1) is 11.8 Å². The van der Waals surface area contributed by atoms with Crippen LogP contribution >= 0.6 is 0 Å². The third kappa shape index (κ3) is 2.96. The molecular weight excluding hydrogens is 270 g/mol. The van der Waals surface area contributed by atoms with Crippen molar-refractivity contribution in [3.8, 4) is 0 Å². The molecule has 0 aromatic carbocycles. The molecule has 5 heteroatoms. The van der Waals surface area contributed by atoms with Crippen molar-refractivity contribution in [3.05, 3.63) is 0 Å². The highest BCUT2D eigenvalue weighted by Gasteiger charge is 2.49. The zero-order chi connectivity index (χ0) is 14.9. The number of ether oxygens (including phenoxy) is 3. The van der Waals surface area contributed by atoms with Gasteiger partial charge in [-0.25, -0.2) is 0 Å². The summed E-state index contributed by atoms with van der Waals surface area (Å²) in [6, 6.07) is 0.569. The van der Waals surface area contributed by atoms with Gasteiger partial charge in [-0.3, -0.25) is 9.69 Å². The van der Waals surface area contributed by atoms with Gasteiger partial charge in [0.05, 0.1) is 25.7 Å². The predicted molar refractivity (Wildman–Crippen MR) is 77.8 cm³/mol. The number of hydrogen-bond acceptors (Lipinski definition) is 5. The van der Waals surface area contributed by atoms with Crippen molar-refractivity contribution in [1.82, 2.24) is 4.90 Å². The number of carbonyl (C=O) groups is 1. The average Bonchev–Trinajstić information content (AvgIpc) is 2.93. The summed E-state index contributed by atoms with van der Waals surface area (Å²) in [6.45, 7) is 7.75. The second-order valence-electron chi connectivity index (χ2n) is 6.45. The number of piperidine rings is 1. The van der Waals surface area contributed by atoms with Crippen molar-refractivity contribution >= 4 is 5.97 Å². The highest BCUT2D eigenvalue weighted by atomic mass is 16.7. The zero-order valence-electron chi connectivity index (χ0n) is 13.2. The molecule has 0 N–H and O–H groups in total. The minimum absolute atomic E-state index is 0.00250. The van der Waals surface area contributed by atoms with Crippen LogP contribution in [0.5, 0.6) is 0 Å². The van der Waals surface area contributed by atoms with Gasteiger partial charge in [-0.15, -0.1) is 0 Å². The van der Waals surface area contributed by atoms with Crippen molar-refractivity contribution in [2.45, 2.75) is 51.4 Å². The van der Waals surface area contributed by atoms with Crippen molar-refractivity contribution in [1.29, 1.82) is 0 Å². The van der Waals surface area contributed by atoms with E-state index in [1.165, 1.54) is 0 Å². The first-order valence-corrected chi connectivity index (χ1v) is 8.36. The summed E-state index contributed by atoms with van der Waals surface area (Å²) in [5, 5.41) is 0. The van der Waals surface area contributed by atoms with Gasteiger partial charge in [0.2, 0.25) is 0 Å². The van der Waals surface area contributed by atoms with Gasteiger partial charge >= 0.3 is 5.97 Å². The standard InChI is InChI=1S/C16H27NO4/c1-3-17-11-13(15(18)19-4-2)9-12-10-16(6-5-14(12)17)20-7-8-21-16/h12-14H,3-11H2,1-2H3/t12-,13-,14-/m1/s1. The Morgan fingerprint density at radius 1 is 1.33 bits per heavy atom. The van der Waals surface area contributed by atoms with Gasteiger partial charge in [-0.05, 0) is 32.2 Å². The molecule has 0 aromatic heterocycles. The first kappa shape index (κ1) is 15.3. The van der Waals surface area contributed by atoms with Crippen LogP contribution in [0.15, 0.2) is 0 Å². The summed E-state index contributed by atoms with van der Waals surface area (Å²) < 4.78 is 17.0. The Morgan fingerprint density at radius 2 is 2.10 bits per heavy atom. The molecule has 3 rings (SSSR count). The molecule has 1 aliphatic carbocycles. The summed E-state index contributed by atoms with van der Waals surface area (Å²) in [7, 11) is 0. The maximum Gasteiger partial charge on any atom is 0.310 e. The lowest BCUT2D eigenvalue weighted by atomic mass is 9.72. The van der Waals surface area contributed by atoms with Gasteiger partial charge in [0, 0.05) is 25.4 Å². The third-order valence-electron chi connectivity index (χ3n) is 5.29. The lowest BCUT2D eigenvalue weighted by Gasteiger charge is -2.50. The van der Waals surface area contributed by atoms with Crippen molar-refractivity contribution < 1.29 is 19.0 Å². The average molecular weight is 297 g/mol. The number of nitrogens with zero attached hydrogens (tertiary/aromatic N) is 1. The summed E-state index contributed by atoms with van der Waals surface area (Å²) in [5.74, 6) is 0.0712. The minimum atomic E-state index is -0.364. The number of likely N-dealkylation sites (tertiary alicyclic amines) is 1. The SMILES string of the molecule is CCOC(=O)[C@@H]1C[C@@H]2CC3(CC[C@H]2N(CC)C1)OCCO3. The van der Waals surface area contributed by atoms with Crippen LogP contribution in [-0.4, -0.2) is 55.6 Å². The molecule has 0 unspecified atom stereocenters. The Bertz CT molecular complexity index is 380. The molecule has 1 spiro atoms. The van der Waals surface area contributed by atoms with Crippen LogP contribution in [0.3, 0.4) is 0 Å². The molecule has 0 radical (unpaired) electrons. The van der Waals surface area contributed by atoms with E-state index in [1.807, 2.05) is 6.92 Å². The highest BCUT2D eigenvalue weighted by molar-refractivity contribution is 5.72. The molecule has 0 bridgehead atoms. The minimum Gasteiger partial charge on any atom is -0.466 e. The van der Waals surface area contributed by atoms with Crippen LogP contribution in [0.1, 0.15) is 39.5 Å². The molecule has 0 aromatic rings. The number of rotatable bonds is 3. The number of hydrogen-bond donors (Lipinski definition) is 0. The van der Waals surface area contributed by atoms with Gasteiger partial charge < -0.3 is 14.2 Å². The van der Waals surface area contributed by atoms with Gasteiger partial charge in [0.1, 0.15) is 0 Å². The van der Waals surface area contributed by atoms with E-state index in [2.05, 4.69) is 11.8 Å². The number of fused-ring (bicyclic) bond motifs is 1. The van der Waals surface area contributed by atoms with Gasteiger partial charge in [-0.1, -0.05) is 6.92 Å². The molecule has 5 nitrogen and oxygen atoms in total. The maximum atomic E-state index is 12.1. The second kappa shape index (κ2) is 6.23. The lowest BCUT2D eigenvalue weighted by molar-refractivity contribution is -0.204. The largest absolute Gasteiger partial charge is 0.466 e. The monoisotopic (exact) mass is 297 g/mol. The Kier molecular flexibility index (Phi) is 4.52. The third-order valence-corrected chi connectivity index (χ3v) is 5.29. The summed E-state index contributed by atoms with van der Waals surface area (Å²) in [5.41, 5.74) is 0. The normalized spacial score (nSPS) is 35.6. The smallest absolute Gasteiger partial charge is 0.310 e. The summed E-state index contributed by atoms with van der Waals surface area (Å²) in [6.07, 6.45) is 3.92. The second-order valence-corrected chi connectivity index (χ2v) is 6.45. The van der Waals surface area contributed by atoms with Crippen LogP contribution < -0.4 is 0 Å². The topological polar surface area (TPSA) is 48.0 Å². The molecule has 1 saturated carbocycles. The molecule has 120 valence electrons. The van der Waals surface area contributed by atoms with E-state index in [0.29, 0.717) is 31.8 Å². The molecule has 2 aliphatic heterocycles. The quantitative estimate of drug-likeness (QED) is 0.744. The fraction of sp³-hybridized carbons (Fsp3) is 0.938. The van der Waals surface area contributed by atoms with E-state index in [-0.39, 0.29) is 17.7 Å². The Hall–Kier alpha value is -0.650. The summed E-state index contributed by atoms with van der Waals surface area (Å²) in [4.78, 5) is 14.6. The van der Waals surface area contributed by atoms with E-state index < -0.39 is 0 Å². The van der Waals surface area contributed by atoms with Gasteiger partial charge in [0.15, 0.2) is 5.79 Å². The molecular formula is C16H27NO4. The Labute approximate surface area is 126 Å². The van der Waals surface area contributed by atoms with Crippen LogP contribution in [0.2, 0.25) is 0 Å². The number of esters is 1. The molecule has 2 saturated heterocycles. The van der Waals surface area contributed by atoms with Gasteiger partial charge in [0.25, 0.3) is 0 Å². The first-order chi connectivity index (χ1) is 10.2. The zero-order valence-corrected chi connectivity index (χ0v) is 13.2. The Morgan fingerprint density at radius 3 is 2.76 bits per heavy atom. The Balaban J connectivity index is 1.71. The molecule has 0 amide bonds. The van der Waals surface area contributed by atoms with E-state index in [9.17, 15) is 4.79 Å². The van der Waals surface area contributed by atoms with Crippen molar-refractivity contribution in [2.24, 2.45) is 11.8 Å². The van der Waals surface area contributed by atoms with Crippen LogP contribution in [0.25, 0.3) is 0 Å². The number of carbonyl (C=O) groups excluding carboxylic acids is 1. The van der Waals surface area contributed by atoms with Crippen molar-refractivity contribution in [3.63, 3.8) is 0 Å². The van der Waals surface area contributed by atoms with Gasteiger partial charge in [-0.2, -0.15) is 0 Å². The lowest BCUT2D eigenvalue weighted by Crippen LogP contribution is -2.55. The molecule has 3 atom stereocenters. The van der Waals surface area contributed by atoms with E-state index in [0.717, 1.165) is 38.8 Å². The fourth-order valence-corrected chi connectivity index (χ4v) is 4.37. The molecule has 3 fully saturated rings. The molecule has 21 heavy (non-hydrogen) atoms. The molecule has 2 heterocycles. The summed E-state index contributed by atoms with van der Waals surface area (Å²) >= 11 is 0. The van der Waals surface area contributed by atoms with Crippen LogP contribution in [0.4, 0.5) is 0 Å². The van der Waals surface area contributed by atoms with Crippen molar-refractivity contribution in [2.75, 3.05) is 32.9 Å². The predicted octanol–water partition coefficient (Wildman–Crippen LogP) is 1.80. The van der Waals surface area contributed by atoms with E-state index in [4.69, 9.17) is 14.2 Å². The molecule has 3 aliphatic rings. The maximum absolute atomic E-state index is 12.1. The van der Waals surface area contributed by atoms with Crippen LogP contribution in [-0.2, 0) is 19.0 Å².